The molecule has 0 unspecified atom stereocenters. The maximum atomic E-state index is 11.3. The predicted molar refractivity (Wildman–Crippen MR) is 79.5 cm³/mol. The fourth-order valence-electron chi connectivity index (χ4n) is 2.57. The summed E-state index contributed by atoms with van der Waals surface area (Å²) in [5.74, 6) is -0.442. The van der Waals surface area contributed by atoms with Gasteiger partial charge in [-0.25, -0.2) is 0 Å². The second-order valence-corrected chi connectivity index (χ2v) is 5.20. The van der Waals surface area contributed by atoms with Gasteiger partial charge >= 0.3 is 0 Å². The highest BCUT2D eigenvalue weighted by Gasteiger charge is 2.26. The highest BCUT2D eigenvalue weighted by atomic mass is 16.5. The van der Waals surface area contributed by atoms with Crippen LogP contribution < -0.4 is 11.5 Å². The molecule has 5 heteroatoms. The highest BCUT2D eigenvalue weighted by Crippen LogP contribution is 2.30. The standard InChI is InChI=1S/C16H17N3O2/c17-14-4-5-21-15(14)13-7-12(8-19-9-13)10-2-1-3-11(6-10)16(18)20/h1-3,6-9,14-15H,4-5,17H2,(H2,18,20)/t14-,15+/m1/s1. The van der Waals surface area contributed by atoms with Gasteiger partial charge in [0.05, 0.1) is 6.10 Å². The summed E-state index contributed by atoms with van der Waals surface area (Å²) in [6, 6.07) is 9.18. The molecule has 1 aromatic carbocycles. The van der Waals surface area contributed by atoms with Crippen LogP contribution in [-0.4, -0.2) is 23.5 Å². The summed E-state index contributed by atoms with van der Waals surface area (Å²) in [5.41, 5.74) is 14.6. The molecule has 1 aromatic heterocycles. The van der Waals surface area contributed by atoms with E-state index >= 15 is 0 Å². The topological polar surface area (TPSA) is 91.2 Å². The largest absolute Gasteiger partial charge is 0.372 e. The lowest BCUT2D eigenvalue weighted by atomic mass is 9.99. The van der Waals surface area contributed by atoms with Crippen molar-refractivity contribution in [2.45, 2.75) is 18.6 Å². The third-order valence-corrected chi connectivity index (χ3v) is 3.71. The van der Waals surface area contributed by atoms with E-state index in [1.54, 1.807) is 30.6 Å². The second kappa shape index (κ2) is 5.63. The molecule has 21 heavy (non-hydrogen) atoms. The lowest BCUT2D eigenvalue weighted by Gasteiger charge is -2.15. The van der Waals surface area contributed by atoms with Crippen molar-refractivity contribution in [1.29, 1.82) is 0 Å². The molecule has 3 rings (SSSR count). The number of aromatic nitrogens is 1. The van der Waals surface area contributed by atoms with E-state index in [2.05, 4.69) is 4.98 Å². The van der Waals surface area contributed by atoms with E-state index in [1.165, 1.54) is 0 Å². The minimum absolute atomic E-state index is 0.000922. The van der Waals surface area contributed by atoms with Crippen LogP contribution in [0, 0.1) is 0 Å². The zero-order chi connectivity index (χ0) is 14.8. The van der Waals surface area contributed by atoms with Gasteiger partial charge in [0, 0.05) is 41.7 Å². The Hall–Kier alpha value is -2.24. The summed E-state index contributed by atoms with van der Waals surface area (Å²) in [5, 5.41) is 0. The Balaban J connectivity index is 1.96. The lowest BCUT2D eigenvalue weighted by Crippen LogP contribution is -2.23. The predicted octanol–water partition coefficient (Wildman–Crippen LogP) is 1.64. The molecular weight excluding hydrogens is 266 g/mol. The van der Waals surface area contributed by atoms with Gasteiger partial charge in [-0.15, -0.1) is 0 Å². The smallest absolute Gasteiger partial charge is 0.248 e. The Bertz CT molecular complexity index is 672. The third kappa shape index (κ3) is 2.79. The number of benzene rings is 1. The Morgan fingerprint density at radius 2 is 2.10 bits per heavy atom. The first kappa shape index (κ1) is 13.7. The number of carbonyl (C=O) groups is 1. The van der Waals surface area contributed by atoms with Gasteiger partial charge in [-0.1, -0.05) is 12.1 Å². The van der Waals surface area contributed by atoms with E-state index in [9.17, 15) is 4.79 Å². The van der Waals surface area contributed by atoms with E-state index in [0.29, 0.717) is 12.2 Å². The summed E-state index contributed by atoms with van der Waals surface area (Å²) in [4.78, 5) is 15.5. The Morgan fingerprint density at radius 3 is 2.81 bits per heavy atom. The quantitative estimate of drug-likeness (QED) is 0.895. The number of rotatable bonds is 3. The van der Waals surface area contributed by atoms with Gasteiger partial charge in [0.25, 0.3) is 0 Å². The van der Waals surface area contributed by atoms with Crippen LogP contribution in [0.2, 0.25) is 0 Å². The molecule has 0 saturated carbocycles. The van der Waals surface area contributed by atoms with Crippen LogP contribution in [0.3, 0.4) is 0 Å². The minimum atomic E-state index is -0.442. The van der Waals surface area contributed by atoms with Crippen molar-refractivity contribution in [3.05, 3.63) is 53.9 Å². The van der Waals surface area contributed by atoms with Crippen molar-refractivity contribution in [3.63, 3.8) is 0 Å². The van der Waals surface area contributed by atoms with Gasteiger partial charge in [-0.2, -0.15) is 0 Å². The van der Waals surface area contributed by atoms with Crippen LogP contribution in [0.15, 0.2) is 42.7 Å². The summed E-state index contributed by atoms with van der Waals surface area (Å²) < 4.78 is 5.66. The summed E-state index contributed by atoms with van der Waals surface area (Å²) in [7, 11) is 0. The van der Waals surface area contributed by atoms with Gasteiger partial charge in [-0.05, 0) is 30.2 Å². The average molecular weight is 283 g/mol. The number of hydrogen-bond donors (Lipinski definition) is 2. The van der Waals surface area contributed by atoms with Crippen molar-refractivity contribution < 1.29 is 9.53 Å². The Morgan fingerprint density at radius 1 is 1.24 bits per heavy atom. The normalized spacial score (nSPS) is 21.4. The summed E-state index contributed by atoms with van der Waals surface area (Å²) in [6.07, 6.45) is 4.27. The number of nitrogens with zero attached hydrogens (tertiary/aromatic N) is 1. The van der Waals surface area contributed by atoms with E-state index in [4.69, 9.17) is 16.2 Å². The Labute approximate surface area is 122 Å². The highest BCUT2D eigenvalue weighted by molar-refractivity contribution is 5.94. The first-order valence-electron chi connectivity index (χ1n) is 6.87. The molecule has 1 fully saturated rings. The fourth-order valence-corrected chi connectivity index (χ4v) is 2.57. The maximum absolute atomic E-state index is 11.3. The maximum Gasteiger partial charge on any atom is 0.248 e. The monoisotopic (exact) mass is 283 g/mol. The van der Waals surface area contributed by atoms with Gasteiger partial charge in [0.15, 0.2) is 0 Å². The fraction of sp³-hybridized carbons (Fsp3) is 0.250. The SMILES string of the molecule is NC(=O)c1cccc(-c2cncc([C@@H]3OCC[C@H]3N)c2)c1. The molecule has 1 amide bonds. The van der Waals surface area contributed by atoms with Crippen LogP contribution in [0.4, 0.5) is 0 Å². The van der Waals surface area contributed by atoms with E-state index < -0.39 is 5.91 Å². The molecule has 1 saturated heterocycles. The zero-order valence-corrected chi connectivity index (χ0v) is 11.5. The molecule has 2 heterocycles. The van der Waals surface area contributed by atoms with Crippen LogP contribution >= 0.6 is 0 Å². The third-order valence-electron chi connectivity index (χ3n) is 3.71. The van der Waals surface area contributed by atoms with Crippen LogP contribution in [-0.2, 0) is 4.74 Å². The van der Waals surface area contributed by atoms with Crippen molar-refractivity contribution in [2.75, 3.05) is 6.61 Å². The van der Waals surface area contributed by atoms with E-state index in [1.807, 2.05) is 12.1 Å². The minimum Gasteiger partial charge on any atom is -0.372 e. The number of carbonyl (C=O) groups excluding carboxylic acids is 1. The number of hydrogen-bond acceptors (Lipinski definition) is 4. The van der Waals surface area contributed by atoms with Crippen molar-refractivity contribution in [2.24, 2.45) is 11.5 Å². The first-order chi connectivity index (χ1) is 10.1. The molecule has 0 radical (unpaired) electrons. The molecule has 2 atom stereocenters. The number of pyridine rings is 1. The van der Waals surface area contributed by atoms with E-state index in [-0.39, 0.29) is 12.1 Å². The summed E-state index contributed by atoms with van der Waals surface area (Å²) in [6.45, 7) is 0.674. The van der Waals surface area contributed by atoms with E-state index in [0.717, 1.165) is 23.1 Å². The molecule has 0 spiro atoms. The number of ether oxygens (including phenoxy) is 1. The van der Waals surface area contributed by atoms with Crippen molar-refractivity contribution >= 4 is 5.91 Å². The van der Waals surface area contributed by atoms with Gasteiger partial charge in [0.1, 0.15) is 0 Å². The molecular formula is C16H17N3O2. The molecule has 2 aromatic rings. The number of amides is 1. The second-order valence-electron chi connectivity index (χ2n) is 5.20. The van der Waals surface area contributed by atoms with Gasteiger partial charge < -0.3 is 16.2 Å². The van der Waals surface area contributed by atoms with Gasteiger partial charge in [0.2, 0.25) is 5.91 Å². The Kier molecular flexibility index (Phi) is 3.68. The molecule has 5 nitrogen and oxygen atoms in total. The molecule has 0 bridgehead atoms. The molecule has 1 aliphatic heterocycles. The van der Waals surface area contributed by atoms with Crippen molar-refractivity contribution in [3.8, 4) is 11.1 Å². The number of nitrogens with two attached hydrogens (primary N) is 2. The zero-order valence-electron chi connectivity index (χ0n) is 11.5. The van der Waals surface area contributed by atoms with Crippen LogP contribution in [0.5, 0.6) is 0 Å². The molecule has 0 aliphatic carbocycles. The van der Waals surface area contributed by atoms with Crippen LogP contribution in [0.25, 0.3) is 11.1 Å². The van der Waals surface area contributed by atoms with Crippen molar-refractivity contribution in [1.82, 2.24) is 4.98 Å². The summed E-state index contributed by atoms with van der Waals surface area (Å²) >= 11 is 0. The number of primary amides is 1. The molecule has 1 aliphatic rings. The lowest BCUT2D eigenvalue weighted by molar-refractivity contribution is 0.1000. The van der Waals surface area contributed by atoms with Crippen LogP contribution in [0.1, 0.15) is 28.4 Å². The average Bonchev–Trinajstić information content (AvgIpc) is 2.94. The molecule has 4 N–H and O–H groups in total. The molecule has 108 valence electrons. The first-order valence-corrected chi connectivity index (χ1v) is 6.87. The van der Waals surface area contributed by atoms with Gasteiger partial charge in [-0.3, -0.25) is 9.78 Å².